The van der Waals surface area contributed by atoms with Crippen molar-refractivity contribution in [3.05, 3.63) is 28.3 Å². The van der Waals surface area contributed by atoms with E-state index in [1.165, 1.54) is 12.1 Å². The van der Waals surface area contributed by atoms with Gasteiger partial charge in [0.2, 0.25) is 0 Å². The molecule has 7 heteroatoms. The zero-order valence-corrected chi connectivity index (χ0v) is 11.4. The van der Waals surface area contributed by atoms with Gasteiger partial charge in [-0.05, 0) is 13.0 Å². The van der Waals surface area contributed by atoms with Gasteiger partial charge >= 0.3 is 0 Å². The van der Waals surface area contributed by atoms with Crippen LogP contribution >= 0.6 is 0 Å². The van der Waals surface area contributed by atoms with Crippen LogP contribution in [0.1, 0.15) is 6.92 Å². The van der Waals surface area contributed by atoms with Crippen LogP contribution in [0.15, 0.2) is 18.2 Å². The summed E-state index contributed by atoms with van der Waals surface area (Å²) in [6.45, 7) is 2.37. The number of hydrogen-bond acceptors (Lipinski definition) is 5. The highest BCUT2D eigenvalue weighted by Crippen LogP contribution is 2.24. The maximum Gasteiger partial charge on any atom is 0.273 e. The van der Waals surface area contributed by atoms with Crippen LogP contribution in [0, 0.1) is 10.1 Å². The molecular weight excluding hydrogens is 254 g/mol. The van der Waals surface area contributed by atoms with Crippen molar-refractivity contribution in [3.8, 4) is 0 Å². The van der Waals surface area contributed by atoms with Gasteiger partial charge in [-0.2, -0.15) is 0 Å². The Bertz CT molecular complexity index is 465. The maximum atomic E-state index is 11.2. The van der Waals surface area contributed by atoms with Crippen molar-refractivity contribution < 1.29 is 9.13 Å². The van der Waals surface area contributed by atoms with E-state index in [1.54, 1.807) is 19.4 Å². The predicted molar refractivity (Wildman–Crippen MR) is 74.7 cm³/mol. The molecule has 0 aromatic heterocycles. The number of nitro groups is 1. The molecule has 0 saturated carbocycles. The molecule has 0 fully saturated rings. The minimum absolute atomic E-state index is 0.0118. The van der Waals surface area contributed by atoms with Crippen molar-refractivity contribution in [2.24, 2.45) is 0 Å². The summed E-state index contributed by atoms with van der Waals surface area (Å²) in [4.78, 5) is 10.3. The fourth-order valence-electron chi connectivity index (χ4n) is 1.34. The molecule has 2 atom stereocenters. The fourth-order valence-corrected chi connectivity index (χ4v) is 1.66. The lowest BCUT2D eigenvalue weighted by Crippen LogP contribution is -2.20. The summed E-state index contributed by atoms with van der Waals surface area (Å²) in [5.41, 5.74) is 1.33. The second-order valence-corrected chi connectivity index (χ2v) is 5.77. The van der Waals surface area contributed by atoms with Gasteiger partial charge in [0.25, 0.3) is 5.69 Å². The molecule has 2 N–H and O–H groups in total. The van der Waals surface area contributed by atoms with E-state index < -0.39 is 15.7 Å². The van der Waals surface area contributed by atoms with Crippen molar-refractivity contribution in [2.75, 3.05) is 30.5 Å². The number of nitro benzene ring substituents is 1. The molecule has 1 aromatic rings. The Kier molecular flexibility index (Phi) is 5.08. The molecule has 0 aliphatic rings. The third kappa shape index (κ3) is 3.99. The second kappa shape index (κ2) is 6.34. The van der Waals surface area contributed by atoms with E-state index in [2.05, 4.69) is 10.6 Å². The number of rotatable bonds is 6. The van der Waals surface area contributed by atoms with E-state index in [4.69, 9.17) is 0 Å². The smallest absolute Gasteiger partial charge is 0.273 e. The highest BCUT2D eigenvalue weighted by atomic mass is 32.2. The van der Waals surface area contributed by atoms with Gasteiger partial charge in [0.15, 0.2) is 0 Å². The molecule has 0 heterocycles. The topological polar surface area (TPSA) is 84.3 Å². The lowest BCUT2D eigenvalue weighted by Gasteiger charge is -2.12. The average molecular weight is 271 g/mol. The number of nitrogens with zero attached hydrogens (tertiary/aromatic N) is 1. The van der Waals surface area contributed by atoms with Crippen molar-refractivity contribution >= 4 is 27.9 Å². The zero-order chi connectivity index (χ0) is 13.7. The van der Waals surface area contributed by atoms with Gasteiger partial charge in [-0.15, -0.1) is 0 Å². The molecule has 0 amide bonds. The number of anilines is 2. The second-order valence-electron chi connectivity index (χ2n) is 3.97. The Morgan fingerprint density at radius 2 is 2.00 bits per heavy atom. The van der Waals surface area contributed by atoms with E-state index in [-0.39, 0.29) is 10.9 Å². The van der Waals surface area contributed by atoms with Gasteiger partial charge in [0.1, 0.15) is 0 Å². The Morgan fingerprint density at radius 3 is 2.50 bits per heavy atom. The van der Waals surface area contributed by atoms with Crippen molar-refractivity contribution in [3.63, 3.8) is 0 Å². The van der Waals surface area contributed by atoms with Gasteiger partial charge in [-0.3, -0.25) is 14.3 Å². The van der Waals surface area contributed by atoms with Crippen LogP contribution in [0.3, 0.4) is 0 Å². The molecule has 1 aromatic carbocycles. The summed E-state index contributed by atoms with van der Waals surface area (Å²) in [6, 6.07) is 4.71. The highest BCUT2D eigenvalue weighted by molar-refractivity contribution is 7.84. The van der Waals surface area contributed by atoms with Crippen molar-refractivity contribution in [1.82, 2.24) is 0 Å². The highest BCUT2D eigenvalue weighted by Gasteiger charge is 2.11. The Balaban J connectivity index is 2.85. The van der Waals surface area contributed by atoms with Gasteiger partial charge in [0, 0.05) is 59.4 Å². The molecule has 100 valence electrons. The summed E-state index contributed by atoms with van der Waals surface area (Å²) in [6.07, 6.45) is 1.64. The van der Waals surface area contributed by atoms with Gasteiger partial charge in [-0.1, -0.05) is 0 Å². The van der Waals surface area contributed by atoms with Crippen LogP contribution in [-0.4, -0.2) is 34.2 Å². The van der Waals surface area contributed by atoms with Crippen LogP contribution in [-0.2, 0) is 10.8 Å². The number of non-ortho nitro benzene ring substituents is 1. The third-order valence-corrected chi connectivity index (χ3v) is 3.88. The standard InChI is InChI=1S/C11H17N3O3S/c1-8(18(3)17)7-13-10-4-9(12-2)5-11(6-10)14(15)16/h4-6,8,12-13H,7H2,1-3H3. The maximum absolute atomic E-state index is 11.2. The minimum Gasteiger partial charge on any atom is -0.388 e. The zero-order valence-electron chi connectivity index (χ0n) is 10.6. The summed E-state index contributed by atoms with van der Waals surface area (Å²) in [7, 11) is 0.784. The first-order valence-corrected chi connectivity index (χ1v) is 7.09. The number of hydrogen-bond donors (Lipinski definition) is 2. The van der Waals surface area contributed by atoms with Crippen LogP contribution in [0.2, 0.25) is 0 Å². The lowest BCUT2D eigenvalue weighted by molar-refractivity contribution is -0.384. The van der Waals surface area contributed by atoms with E-state index >= 15 is 0 Å². The van der Waals surface area contributed by atoms with Crippen LogP contribution in [0.5, 0.6) is 0 Å². The molecule has 18 heavy (non-hydrogen) atoms. The molecule has 2 unspecified atom stereocenters. The van der Waals surface area contributed by atoms with Gasteiger partial charge in [-0.25, -0.2) is 0 Å². The predicted octanol–water partition coefficient (Wildman–Crippen LogP) is 1.82. The molecule has 0 radical (unpaired) electrons. The normalized spacial score (nSPS) is 13.7. The Morgan fingerprint density at radius 1 is 1.39 bits per heavy atom. The molecule has 0 bridgehead atoms. The van der Waals surface area contributed by atoms with Crippen LogP contribution < -0.4 is 10.6 Å². The van der Waals surface area contributed by atoms with E-state index in [1.807, 2.05) is 6.92 Å². The van der Waals surface area contributed by atoms with E-state index in [0.717, 1.165) is 0 Å². The fraction of sp³-hybridized carbons (Fsp3) is 0.455. The first-order valence-electron chi connectivity index (χ1n) is 5.47. The molecule has 0 saturated heterocycles. The third-order valence-electron chi connectivity index (χ3n) is 2.58. The summed E-state index contributed by atoms with van der Waals surface area (Å²) in [5, 5.41) is 16.7. The first kappa shape index (κ1) is 14.4. The largest absolute Gasteiger partial charge is 0.388 e. The Labute approximate surface area is 108 Å². The molecule has 6 nitrogen and oxygen atoms in total. The monoisotopic (exact) mass is 271 g/mol. The van der Waals surface area contributed by atoms with Crippen molar-refractivity contribution in [1.29, 1.82) is 0 Å². The quantitative estimate of drug-likeness (QED) is 0.609. The van der Waals surface area contributed by atoms with E-state index in [0.29, 0.717) is 17.9 Å². The van der Waals surface area contributed by atoms with Gasteiger partial charge in [0.05, 0.1) is 4.92 Å². The van der Waals surface area contributed by atoms with Crippen LogP contribution in [0.4, 0.5) is 17.1 Å². The molecule has 1 rings (SSSR count). The van der Waals surface area contributed by atoms with Crippen molar-refractivity contribution in [2.45, 2.75) is 12.2 Å². The minimum atomic E-state index is -0.917. The molecule has 0 aliphatic carbocycles. The average Bonchev–Trinajstić information content (AvgIpc) is 2.35. The molecular formula is C11H17N3O3S. The SMILES string of the molecule is CNc1cc(NCC(C)S(C)=O)cc([N+](=O)[O-])c1. The summed E-state index contributed by atoms with van der Waals surface area (Å²) in [5.74, 6) is 0. The summed E-state index contributed by atoms with van der Waals surface area (Å²) >= 11 is 0. The number of nitrogens with one attached hydrogen (secondary N) is 2. The molecule has 0 spiro atoms. The summed E-state index contributed by atoms with van der Waals surface area (Å²) < 4.78 is 11.2. The number of benzene rings is 1. The molecule has 0 aliphatic heterocycles. The Hall–Kier alpha value is -1.63. The lowest BCUT2D eigenvalue weighted by atomic mass is 10.2. The van der Waals surface area contributed by atoms with Crippen LogP contribution in [0.25, 0.3) is 0 Å². The first-order chi connectivity index (χ1) is 8.43. The van der Waals surface area contributed by atoms with Gasteiger partial charge < -0.3 is 10.6 Å². The van der Waals surface area contributed by atoms with E-state index in [9.17, 15) is 14.3 Å².